The second-order valence-corrected chi connectivity index (χ2v) is 7.80. The first-order valence-corrected chi connectivity index (χ1v) is 10.1. The Labute approximate surface area is 146 Å². The van der Waals surface area contributed by atoms with Crippen LogP contribution in [0, 0.1) is 13.8 Å². The lowest BCUT2D eigenvalue weighted by Gasteiger charge is -2.12. The van der Waals surface area contributed by atoms with Crippen molar-refractivity contribution in [2.75, 3.05) is 25.4 Å². The highest BCUT2D eigenvalue weighted by Crippen LogP contribution is 2.11. The zero-order chi connectivity index (χ0) is 18.0. The minimum absolute atomic E-state index is 0.112. The van der Waals surface area contributed by atoms with Crippen molar-refractivity contribution >= 4 is 16.0 Å². The van der Waals surface area contributed by atoms with Crippen molar-refractivity contribution in [2.45, 2.75) is 40.7 Å². The highest BCUT2D eigenvalue weighted by molar-refractivity contribution is 7.89. The Morgan fingerprint density at radius 1 is 1.12 bits per heavy atom. The van der Waals surface area contributed by atoms with E-state index in [1.807, 2.05) is 6.92 Å². The van der Waals surface area contributed by atoms with Crippen LogP contribution in [0.5, 0.6) is 0 Å². The Hall–Kier alpha value is -1.60. The number of nitrogens with zero attached hydrogens (tertiary/aromatic N) is 1. The van der Waals surface area contributed by atoms with Gasteiger partial charge in [0.2, 0.25) is 10.0 Å². The fourth-order valence-corrected chi connectivity index (χ4v) is 2.81. The number of sulfonamides is 1. The third kappa shape index (κ3) is 7.79. The van der Waals surface area contributed by atoms with Crippen molar-refractivity contribution < 1.29 is 8.42 Å². The quantitative estimate of drug-likeness (QED) is 0.358. The molecule has 1 aromatic carbocycles. The average molecular weight is 355 g/mol. The average Bonchev–Trinajstić information content (AvgIpc) is 2.53. The molecule has 0 bridgehead atoms. The van der Waals surface area contributed by atoms with Gasteiger partial charge in [-0.25, -0.2) is 18.1 Å². The van der Waals surface area contributed by atoms with Gasteiger partial charge in [-0.05, 0) is 45.2 Å². The van der Waals surface area contributed by atoms with Crippen molar-refractivity contribution in [2.24, 2.45) is 4.99 Å². The molecule has 0 atom stereocenters. The van der Waals surface area contributed by atoms with Crippen LogP contribution in [0.1, 0.15) is 37.0 Å². The lowest BCUT2D eigenvalue weighted by atomic mass is 10.1. The Balaban J connectivity index is 2.48. The van der Waals surface area contributed by atoms with Crippen LogP contribution in [-0.4, -0.2) is 39.8 Å². The number of aryl methyl sites for hydroxylation is 2. The topological polar surface area (TPSA) is 82.6 Å². The van der Waals surface area contributed by atoms with Gasteiger partial charge in [0.05, 0.1) is 12.3 Å². The summed E-state index contributed by atoms with van der Waals surface area (Å²) in [6.07, 6.45) is 0.702. The molecular formula is C17H30N4O2S. The first-order chi connectivity index (χ1) is 11.4. The molecule has 0 aliphatic rings. The molecular weight excluding hydrogens is 324 g/mol. The molecule has 136 valence electrons. The maximum atomic E-state index is 11.3. The van der Waals surface area contributed by atoms with E-state index in [2.05, 4.69) is 52.4 Å². The molecule has 24 heavy (non-hydrogen) atoms. The van der Waals surface area contributed by atoms with Gasteiger partial charge >= 0.3 is 0 Å². The molecule has 0 radical (unpaired) electrons. The van der Waals surface area contributed by atoms with Gasteiger partial charge in [0.1, 0.15) is 0 Å². The van der Waals surface area contributed by atoms with Crippen LogP contribution >= 0.6 is 0 Å². The monoisotopic (exact) mass is 354 g/mol. The van der Waals surface area contributed by atoms with Crippen molar-refractivity contribution in [3.8, 4) is 0 Å². The predicted octanol–water partition coefficient (Wildman–Crippen LogP) is 1.69. The van der Waals surface area contributed by atoms with E-state index in [1.165, 1.54) is 16.7 Å². The van der Waals surface area contributed by atoms with Crippen molar-refractivity contribution in [3.05, 3.63) is 34.9 Å². The summed E-state index contributed by atoms with van der Waals surface area (Å²) in [7, 11) is -3.11. The molecule has 0 aliphatic carbocycles. The third-order valence-electron chi connectivity index (χ3n) is 3.60. The van der Waals surface area contributed by atoms with E-state index in [0.717, 1.165) is 12.5 Å². The molecule has 0 saturated carbocycles. The first kappa shape index (κ1) is 20.4. The summed E-state index contributed by atoms with van der Waals surface area (Å²) < 4.78 is 25.2. The molecule has 0 aliphatic heterocycles. The van der Waals surface area contributed by atoms with Gasteiger partial charge < -0.3 is 10.6 Å². The summed E-state index contributed by atoms with van der Waals surface area (Å²) in [5.41, 5.74) is 3.69. The van der Waals surface area contributed by atoms with Gasteiger partial charge in [-0.2, -0.15) is 0 Å². The van der Waals surface area contributed by atoms with Gasteiger partial charge in [-0.3, -0.25) is 0 Å². The van der Waals surface area contributed by atoms with Gasteiger partial charge in [-0.1, -0.05) is 23.8 Å². The predicted molar refractivity (Wildman–Crippen MR) is 101 cm³/mol. The molecule has 0 spiro atoms. The number of rotatable bonds is 9. The molecule has 3 N–H and O–H groups in total. The molecule has 0 fully saturated rings. The largest absolute Gasteiger partial charge is 0.357 e. The summed E-state index contributed by atoms with van der Waals surface area (Å²) in [6.45, 7) is 10.3. The van der Waals surface area contributed by atoms with Crippen LogP contribution in [0.4, 0.5) is 0 Å². The minimum atomic E-state index is -3.11. The molecule has 7 heteroatoms. The van der Waals surface area contributed by atoms with Crippen LogP contribution in [0.15, 0.2) is 23.2 Å². The maximum Gasteiger partial charge on any atom is 0.211 e. The summed E-state index contributed by atoms with van der Waals surface area (Å²) in [6, 6.07) is 6.36. The van der Waals surface area contributed by atoms with Crippen molar-refractivity contribution in [3.63, 3.8) is 0 Å². The smallest absolute Gasteiger partial charge is 0.211 e. The highest BCUT2D eigenvalue weighted by Gasteiger charge is 2.05. The van der Waals surface area contributed by atoms with E-state index in [4.69, 9.17) is 0 Å². The van der Waals surface area contributed by atoms with Crippen LogP contribution < -0.4 is 15.4 Å². The Morgan fingerprint density at radius 2 is 1.88 bits per heavy atom. The van der Waals surface area contributed by atoms with Crippen LogP contribution in [-0.2, 0) is 16.6 Å². The van der Waals surface area contributed by atoms with E-state index in [-0.39, 0.29) is 5.75 Å². The number of guanidine groups is 1. The lowest BCUT2D eigenvalue weighted by molar-refractivity contribution is 0.579. The number of aliphatic imine (C=N–C) groups is 1. The van der Waals surface area contributed by atoms with Crippen LogP contribution in [0.3, 0.4) is 0 Å². The van der Waals surface area contributed by atoms with E-state index >= 15 is 0 Å². The fourth-order valence-electron chi connectivity index (χ4n) is 2.15. The van der Waals surface area contributed by atoms with E-state index in [0.29, 0.717) is 26.1 Å². The molecule has 1 rings (SSSR count). The molecule has 0 heterocycles. The Bertz CT molecular complexity index is 642. The third-order valence-corrected chi connectivity index (χ3v) is 5.00. The number of benzene rings is 1. The zero-order valence-corrected chi connectivity index (χ0v) is 16.0. The van der Waals surface area contributed by atoms with Gasteiger partial charge in [0.25, 0.3) is 0 Å². The molecule has 0 unspecified atom stereocenters. The Kier molecular flexibility index (Phi) is 8.78. The van der Waals surface area contributed by atoms with Crippen molar-refractivity contribution in [1.29, 1.82) is 0 Å². The molecule has 0 saturated heterocycles. The summed E-state index contributed by atoms with van der Waals surface area (Å²) in [4.78, 5) is 4.59. The fraction of sp³-hybridized carbons (Fsp3) is 0.588. The van der Waals surface area contributed by atoms with Crippen LogP contribution in [0.2, 0.25) is 0 Å². The maximum absolute atomic E-state index is 11.3. The summed E-state index contributed by atoms with van der Waals surface area (Å²) in [5, 5.41) is 6.43. The second kappa shape index (κ2) is 10.3. The number of hydrogen-bond acceptors (Lipinski definition) is 3. The summed E-state index contributed by atoms with van der Waals surface area (Å²) in [5.74, 6) is 0.858. The van der Waals surface area contributed by atoms with Gasteiger partial charge in [-0.15, -0.1) is 0 Å². The lowest BCUT2D eigenvalue weighted by Crippen LogP contribution is -2.38. The van der Waals surface area contributed by atoms with Gasteiger partial charge in [0.15, 0.2) is 5.96 Å². The van der Waals surface area contributed by atoms with E-state index in [9.17, 15) is 8.42 Å². The van der Waals surface area contributed by atoms with Gasteiger partial charge in [0, 0.05) is 19.6 Å². The SMILES string of the molecule is CCNC(=NCc1ccc(C)cc1C)NCCCNS(=O)(=O)CC. The molecule has 6 nitrogen and oxygen atoms in total. The highest BCUT2D eigenvalue weighted by atomic mass is 32.2. The van der Waals surface area contributed by atoms with Crippen molar-refractivity contribution in [1.82, 2.24) is 15.4 Å². The number of nitrogens with one attached hydrogen (secondary N) is 3. The number of hydrogen-bond donors (Lipinski definition) is 3. The molecule has 1 aromatic rings. The van der Waals surface area contributed by atoms with E-state index in [1.54, 1.807) is 6.92 Å². The molecule has 0 amide bonds. The normalized spacial score (nSPS) is 12.2. The van der Waals surface area contributed by atoms with Crippen LogP contribution in [0.25, 0.3) is 0 Å². The zero-order valence-electron chi connectivity index (χ0n) is 15.1. The van der Waals surface area contributed by atoms with E-state index < -0.39 is 10.0 Å². The molecule has 0 aromatic heterocycles. The minimum Gasteiger partial charge on any atom is -0.357 e. The standard InChI is InChI=1S/C17H30N4O2S/c1-5-18-17(19-10-7-11-21-24(22,23)6-2)20-13-16-9-8-14(3)12-15(16)4/h8-9,12,21H,5-7,10-11,13H2,1-4H3,(H2,18,19,20). The Morgan fingerprint density at radius 3 is 2.50 bits per heavy atom. The first-order valence-electron chi connectivity index (χ1n) is 8.43. The summed E-state index contributed by atoms with van der Waals surface area (Å²) >= 11 is 0. The second-order valence-electron chi connectivity index (χ2n) is 5.70.